The van der Waals surface area contributed by atoms with Gasteiger partial charge in [-0.15, -0.1) is 11.3 Å². The fraction of sp³-hybridized carbons (Fsp3) is 0.600. The maximum atomic E-state index is 11.8. The molecule has 1 rings (SSSR count). The van der Waals surface area contributed by atoms with Gasteiger partial charge in [0.05, 0.1) is 17.9 Å². The van der Waals surface area contributed by atoms with E-state index in [9.17, 15) is 9.00 Å². The van der Waals surface area contributed by atoms with Crippen LogP contribution in [-0.4, -0.2) is 25.5 Å². The van der Waals surface area contributed by atoms with E-state index < -0.39 is 16.8 Å². The smallest absolute Gasteiger partial charge is 0.304 e. The highest BCUT2D eigenvalue weighted by Gasteiger charge is 2.17. The van der Waals surface area contributed by atoms with Crippen molar-refractivity contribution in [3.63, 3.8) is 0 Å². The first-order valence-electron chi connectivity index (χ1n) is 4.92. The van der Waals surface area contributed by atoms with Crippen LogP contribution < -0.4 is 0 Å². The molecule has 0 saturated carbocycles. The Labute approximate surface area is 101 Å². The van der Waals surface area contributed by atoms with Gasteiger partial charge in [-0.1, -0.05) is 6.92 Å². The van der Waals surface area contributed by atoms with E-state index in [4.69, 9.17) is 5.11 Å². The minimum Gasteiger partial charge on any atom is -0.481 e. The molecule has 1 heterocycles. The molecule has 0 aliphatic heterocycles. The van der Waals surface area contributed by atoms with E-state index in [1.807, 2.05) is 13.8 Å². The molecular weight excluding hydrogens is 246 g/mol. The third-order valence-corrected chi connectivity index (χ3v) is 5.13. The zero-order valence-corrected chi connectivity index (χ0v) is 11.2. The Morgan fingerprint density at radius 2 is 2.19 bits per heavy atom. The van der Waals surface area contributed by atoms with Crippen molar-refractivity contribution < 1.29 is 14.1 Å². The number of carboxylic acid groups (broad SMARTS) is 1. The monoisotopic (exact) mass is 261 g/mol. The molecule has 0 bridgehead atoms. The summed E-state index contributed by atoms with van der Waals surface area (Å²) in [5, 5.41) is 9.09. The van der Waals surface area contributed by atoms with E-state index in [0.717, 1.165) is 15.6 Å². The van der Waals surface area contributed by atoms with Crippen molar-refractivity contribution >= 4 is 28.1 Å². The topological polar surface area (TPSA) is 67.3 Å². The van der Waals surface area contributed by atoms with Crippen LogP contribution in [0.2, 0.25) is 0 Å². The van der Waals surface area contributed by atoms with Crippen LogP contribution >= 0.6 is 11.3 Å². The molecule has 0 fully saturated rings. The SMILES string of the molecule is Cc1nc(CS(=O)C(C)CC(=O)O)sc1C. The molecule has 6 heteroatoms. The third-order valence-electron chi connectivity index (χ3n) is 2.25. The van der Waals surface area contributed by atoms with Crippen LogP contribution in [0.15, 0.2) is 0 Å². The Kier molecular flexibility index (Phi) is 4.61. The van der Waals surface area contributed by atoms with Gasteiger partial charge in [-0.3, -0.25) is 9.00 Å². The van der Waals surface area contributed by atoms with Crippen molar-refractivity contribution in [3.05, 3.63) is 15.6 Å². The van der Waals surface area contributed by atoms with Crippen molar-refractivity contribution in [3.8, 4) is 0 Å². The van der Waals surface area contributed by atoms with Crippen LogP contribution in [0, 0.1) is 13.8 Å². The summed E-state index contributed by atoms with van der Waals surface area (Å²) in [6.07, 6.45) is -0.0596. The fourth-order valence-corrected chi connectivity index (χ4v) is 3.44. The second-order valence-electron chi connectivity index (χ2n) is 3.68. The van der Waals surface area contributed by atoms with Gasteiger partial charge < -0.3 is 5.11 Å². The van der Waals surface area contributed by atoms with E-state index in [-0.39, 0.29) is 11.7 Å². The minimum absolute atomic E-state index is 0.0596. The summed E-state index contributed by atoms with van der Waals surface area (Å²) in [4.78, 5) is 15.9. The van der Waals surface area contributed by atoms with E-state index in [1.54, 1.807) is 6.92 Å². The molecular formula is C10H15NO3S2. The molecule has 0 aliphatic carbocycles. The number of nitrogens with zero attached hydrogens (tertiary/aromatic N) is 1. The standard InChI is InChI=1S/C10H15NO3S2/c1-6(4-10(12)13)16(14)5-9-11-7(2)8(3)15-9/h6H,4-5H2,1-3H3,(H,12,13). The van der Waals surface area contributed by atoms with Crippen LogP contribution in [0.1, 0.15) is 28.9 Å². The van der Waals surface area contributed by atoms with Crippen molar-refractivity contribution in [1.29, 1.82) is 0 Å². The lowest BCUT2D eigenvalue weighted by molar-refractivity contribution is -0.136. The Morgan fingerprint density at radius 3 is 2.62 bits per heavy atom. The van der Waals surface area contributed by atoms with E-state index in [2.05, 4.69) is 4.98 Å². The molecule has 1 N–H and O–H groups in total. The molecule has 0 amide bonds. The van der Waals surface area contributed by atoms with Gasteiger partial charge in [0, 0.05) is 20.9 Å². The van der Waals surface area contributed by atoms with Gasteiger partial charge in [0.2, 0.25) is 0 Å². The van der Waals surface area contributed by atoms with Gasteiger partial charge in [-0.05, 0) is 13.8 Å². The zero-order valence-electron chi connectivity index (χ0n) is 9.52. The van der Waals surface area contributed by atoms with Crippen molar-refractivity contribution in [2.75, 3.05) is 0 Å². The molecule has 0 spiro atoms. The first-order valence-corrected chi connectivity index (χ1v) is 7.12. The highest BCUT2D eigenvalue weighted by Crippen LogP contribution is 2.19. The van der Waals surface area contributed by atoms with Crippen LogP contribution in [0.25, 0.3) is 0 Å². The fourth-order valence-electron chi connectivity index (χ4n) is 1.20. The maximum Gasteiger partial charge on any atom is 0.304 e. The molecule has 4 nitrogen and oxygen atoms in total. The van der Waals surface area contributed by atoms with Crippen LogP contribution in [0.5, 0.6) is 0 Å². The molecule has 0 radical (unpaired) electrons. The normalized spacial score (nSPS) is 14.7. The van der Waals surface area contributed by atoms with E-state index in [1.165, 1.54) is 11.3 Å². The highest BCUT2D eigenvalue weighted by atomic mass is 32.2. The summed E-state index contributed by atoms with van der Waals surface area (Å²) >= 11 is 1.53. The summed E-state index contributed by atoms with van der Waals surface area (Å²) in [6, 6.07) is 0. The Morgan fingerprint density at radius 1 is 1.56 bits per heavy atom. The zero-order chi connectivity index (χ0) is 12.3. The summed E-state index contributed by atoms with van der Waals surface area (Å²) < 4.78 is 11.8. The number of carboxylic acids is 1. The lowest BCUT2D eigenvalue weighted by atomic mass is 10.3. The number of hydrogen-bond acceptors (Lipinski definition) is 4. The number of aromatic nitrogens is 1. The second-order valence-corrected chi connectivity index (χ2v) is 6.83. The summed E-state index contributed by atoms with van der Waals surface area (Å²) in [6.45, 7) is 5.58. The van der Waals surface area contributed by atoms with Crippen LogP contribution in [-0.2, 0) is 21.3 Å². The molecule has 0 aliphatic rings. The van der Waals surface area contributed by atoms with Crippen molar-refractivity contribution in [1.82, 2.24) is 4.98 Å². The Balaban J connectivity index is 2.60. The number of carbonyl (C=O) groups is 1. The van der Waals surface area contributed by atoms with Crippen molar-refractivity contribution in [2.24, 2.45) is 0 Å². The van der Waals surface area contributed by atoms with Gasteiger partial charge >= 0.3 is 5.97 Å². The molecule has 0 saturated heterocycles. The minimum atomic E-state index is -1.16. The average molecular weight is 261 g/mol. The quantitative estimate of drug-likeness (QED) is 0.878. The molecule has 0 aromatic carbocycles. The molecule has 90 valence electrons. The Hall–Kier alpha value is -0.750. The van der Waals surface area contributed by atoms with Crippen molar-refractivity contribution in [2.45, 2.75) is 38.2 Å². The van der Waals surface area contributed by atoms with Crippen LogP contribution in [0.3, 0.4) is 0 Å². The molecule has 1 aromatic heterocycles. The predicted octanol–water partition coefficient (Wildman–Crippen LogP) is 1.87. The number of thiazole rings is 1. The lowest BCUT2D eigenvalue weighted by Crippen LogP contribution is -2.17. The number of aryl methyl sites for hydroxylation is 2. The van der Waals surface area contributed by atoms with Gasteiger partial charge in [0.15, 0.2) is 0 Å². The first-order chi connectivity index (χ1) is 7.40. The summed E-state index contributed by atoms with van der Waals surface area (Å²) in [7, 11) is -1.16. The van der Waals surface area contributed by atoms with Gasteiger partial charge in [0.1, 0.15) is 5.01 Å². The largest absolute Gasteiger partial charge is 0.481 e. The highest BCUT2D eigenvalue weighted by molar-refractivity contribution is 7.85. The lowest BCUT2D eigenvalue weighted by Gasteiger charge is -2.06. The Bertz CT molecular complexity index is 395. The van der Waals surface area contributed by atoms with Gasteiger partial charge in [0.25, 0.3) is 0 Å². The summed E-state index contributed by atoms with van der Waals surface area (Å²) in [5.74, 6) is -0.555. The second kappa shape index (κ2) is 5.54. The third kappa shape index (κ3) is 3.68. The number of hydrogen-bond donors (Lipinski definition) is 1. The molecule has 2 atom stereocenters. The predicted molar refractivity (Wildman–Crippen MR) is 65.1 cm³/mol. The van der Waals surface area contributed by atoms with Crippen LogP contribution in [0.4, 0.5) is 0 Å². The maximum absolute atomic E-state index is 11.8. The van der Waals surface area contributed by atoms with Gasteiger partial charge in [-0.25, -0.2) is 4.98 Å². The molecule has 2 unspecified atom stereocenters. The number of rotatable bonds is 5. The average Bonchev–Trinajstić information content (AvgIpc) is 2.44. The van der Waals surface area contributed by atoms with E-state index >= 15 is 0 Å². The first kappa shape index (κ1) is 13.3. The molecule has 16 heavy (non-hydrogen) atoms. The number of aliphatic carboxylic acids is 1. The summed E-state index contributed by atoms with van der Waals surface area (Å²) in [5.41, 5.74) is 0.961. The van der Waals surface area contributed by atoms with E-state index in [0.29, 0.717) is 5.75 Å². The van der Waals surface area contributed by atoms with Gasteiger partial charge in [-0.2, -0.15) is 0 Å². The molecule has 1 aromatic rings.